The number of carboxylic acid groups (broad SMARTS) is 2. The zero-order valence-corrected chi connectivity index (χ0v) is 25.5. The first kappa shape index (κ1) is 32.1. The highest BCUT2D eigenvalue weighted by Crippen LogP contribution is 2.32. The molecule has 1 aromatic heterocycles. The lowest BCUT2D eigenvalue weighted by atomic mass is 10.0. The Morgan fingerprint density at radius 2 is 1.64 bits per heavy atom. The van der Waals surface area contributed by atoms with Gasteiger partial charge in [-0.15, -0.1) is 0 Å². The summed E-state index contributed by atoms with van der Waals surface area (Å²) in [6.07, 6.45) is 8.59. The molecule has 3 aromatic carbocycles. The number of carbonyl (C=O) groups is 2. The maximum atomic E-state index is 14.8. The van der Waals surface area contributed by atoms with Gasteiger partial charge < -0.3 is 24.3 Å². The van der Waals surface area contributed by atoms with E-state index in [0.717, 1.165) is 28.0 Å². The van der Waals surface area contributed by atoms with Crippen molar-refractivity contribution in [3.8, 4) is 11.5 Å². The third kappa shape index (κ3) is 8.16. The Morgan fingerprint density at radius 3 is 2.30 bits per heavy atom. The Balaban J connectivity index is 1.44. The second-order valence-corrected chi connectivity index (χ2v) is 10.9. The molecule has 0 aliphatic carbocycles. The van der Waals surface area contributed by atoms with Gasteiger partial charge in [0.15, 0.2) is 0 Å². The SMILES string of the molecule is Cc1cc(C)c(OCCC=COc2ccc(C=Cc3cc(F)cc4c(CCCC(=O)O)c(C)n(CC(=O)O)c34)cc2)c(C)c1. The summed E-state index contributed by atoms with van der Waals surface area (Å²) in [6.45, 7) is 8.21. The topological polar surface area (TPSA) is 98.0 Å². The summed E-state index contributed by atoms with van der Waals surface area (Å²) in [5.41, 5.74) is 6.92. The summed E-state index contributed by atoms with van der Waals surface area (Å²) in [7, 11) is 0. The van der Waals surface area contributed by atoms with Crippen molar-refractivity contribution in [1.29, 1.82) is 0 Å². The van der Waals surface area contributed by atoms with Crippen molar-refractivity contribution < 1.29 is 33.7 Å². The number of aromatic nitrogens is 1. The van der Waals surface area contributed by atoms with E-state index in [1.54, 1.807) is 23.8 Å². The van der Waals surface area contributed by atoms with Crippen molar-refractivity contribution in [1.82, 2.24) is 4.57 Å². The van der Waals surface area contributed by atoms with Gasteiger partial charge in [-0.05, 0) is 93.1 Å². The van der Waals surface area contributed by atoms with Crippen LogP contribution in [-0.4, -0.2) is 33.3 Å². The zero-order chi connectivity index (χ0) is 31.8. The van der Waals surface area contributed by atoms with Crippen molar-refractivity contribution in [3.05, 3.63) is 106 Å². The standard InChI is InChI=1S/C36H38FNO6/c1-23-18-24(2)36(25(3)19-23)44-17-6-5-16-43-30-14-11-27(12-15-30)10-13-28-20-29(37)21-32-31(8-7-9-33(39)40)26(4)38(35(28)32)22-34(41)42/h5,10-16,18-21H,6-9,17,22H2,1-4H3,(H,39,40)(H,41,42). The van der Waals surface area contributed by atoms with Gasteiger partial charge in [-0.2, -0.15) is 0 Å². The number of ether oxygens (including phenoxy) is 2. The third-order valence-electron chi connectivity index (χ3n) is 7.42. The minimum absolute atomic E-state index is 0.0233. The molecule has 0 aliphatic rings. The van der Waals surface area contributed by atoms with E-state index in [2.05, 4.69) is 19.1 Å². The minimum atomic E-state index is -1.02. The van der Waals surface area contributed by atoms with Gasteiger partial charge in [-0.25, -0.2) is 4.39 Å². The second kappa shape index (κ2) is 14.6. The fraction of sp³-hybridized carbons (Fsp3) is 0.278. The van der Waals surface area contributed by atoms with Gasteiger partial charge in [-0.3, -0.25) is 9.59 Å². The number of aryl methyl sites for hydroxylation is 4. The van der Waals surface area contributed by atoms with Crippen LogP contribution in [0.25, 0.3) is 23.1 Å². The van der Waals surface area contributed by atoms with Crippen LogP contribution in [0.1, 0.15) is 58.3 Å². The number of rotatable bonds is 14. The molecule has 4 rings (SSSR count). The van der Waals surface area contributed by atoms with Crippen molar-refractivity contribution in [2.45, 2.75) is 59.9 Å². The van der Waals surface area contributed by atoms with Crippen LogP contribution < -0.4 is 9.47 Å². The number of halogens is 1. The number of carboxylic acids is 2. The average Bonchev–Trinajstić information content (AvgIpc) is 3.20. The van der Waals surface area contributed by atoms with Gasteiger partial charge in [-0.1, -0.05) is 42.0 Å². The third-order valence-corrected chi connectivity index (χ3v) is 7.42. The quantitative estimate of drug-likeness (QED) is 0.0865. The molecule has 7 nitrogen and oxygen atoms in total. The molecule has 0 unspecified atom stereocenters. The lowest BCUT2D eigenvalue weighted by molar-refractivity contribution is -0.138. The first-order valence-electron chi connectivity index (χ1n) is 14.6. The van der Waals surface area contributed by atoms with Crippen LogP contribution in [0, 0.1) is 33.5 Å². The van der Waals surface area contributed by atoms with E-state index in [0.29, 0.717) is 53.8 Å². The number of aliphatic carboxylic acids is 2. The molecule has 4 aromatic rings. The van der Waals surface area contributed by atoms with E-state index >= 15 is 0 Å². The Labute approximate surface area is 256 Å². The average molecular weight is 600 g/mol. The van der Waals surface area contributed by atoms with E-state index < -0.39 is 17.8 Å². The van der Waals surface area contributed by atoms with E-state index in [1.165, 1.54) is 17.7 Å². The molecule has 2 N–H and O–H groups in total. The zero-order valence-electron chi connectivity index (χ0n) is 25.5. The second-order valence-electron chi connectivity index (χ2n) is 10.9. The van der Waals surface area contributed by atoms with E-state index in [1.807, 2.05) is 50.3 Å². The Morgan fingerprint density at radius 1 is 0.932 bits per heavy atom. The van der Waals surface area contributed by atoms with Crippen molar-refractivity contribution in [2.24, 2.45) is 0 Å². The molecule has 0 spiro atoms. The van der Waals surface area contributed by atoms with Crippen molar-refractivity contribution in [3.63, 3.8) is 0 Å². The molecule has 0 atom stereocenters. The molecular weight excluding hydrogens is 561 g/mol. The van der Waals surface area contributed by atoms with Crippen LogP contribution in [0.2, 0.25) is 0 Å². The van der Waals surface area contributed by atoms with Gasteiger partial charge in [0.25, 0.3) is 0 Å². The van der Waals surface area contributed by atoms with E-state index in [4.69, 9.17) is 14.6 Å². The summed E-state index contributed by atoms with van der Waals surface area (Å²) in [4.78, 5) is 22.7. The smallest absolute Gasteiger partial charge is 0.323 e. The molecule has 0 amide bonds. The molecular formula is C36H38FNO6. The fourth-order valence-electron chi connectivity index (χ4n) is 5.53. The van der Waals surface area contributed by atoms with Crippen LogP contribution in [0.3, 0.4) is 0 Å². The fourth-order valence-corrected chi connectivity index (χ4v) is 5.53. The number of hydrogen-bond acceptors (Lipinski definition) is 4. The normalized spacial score (nSPS) is 11.6. The van der Waals surface area contributed by atoms with Gasteiger partial charge in [0.1, 0.15) is 23.9 Å². The number of fused-ring (bicyclic) bond motifs is 1. The number of hydrogen-bond donors (Lipinski definition) is 2. The highest BCUT2D eigenvalue weighted by molar-refractivity contribution is 5.95. The van der Waals surface area contributed by atoms with Crippen LogP contribution in [0.5, 0.6) is 11.5 Å². The van der Waals surface area contributed by atoms with Gasteiger partial charge in [0.2, 0.25) is 0 Å². The van der Waals surface area contributed by atoms with Crippen LogP contribution >= 0.6 is 0 Å². The molecule has 0 bridgehead atoms. The summed E-state index contributed by atoms with van der Waals surface area (Å²) < 4.78 is 28.1. The van der Waals surface area contributed by atoms with Crippen LogP contribution in [-0.2, 0) is 22.6 Å². The molecule has 0 saturated carbocycles. The molecule has 0 fully saturated rings. The lowest BCUT2D eigenvalue weighted by Crippen LogP contribution is -2.10. The van der Waals surface area contributed by atoms with Gasteiger partial charge >= 0.3 is 11.9 Å². The Kier molecular flexibility index (Phi) is 10.6. The molecule has 0 saturated heterocycles. The Bertz CT molecular complexity index is 1690. The number of benzene rings is 3. The van der Waals surface area contributed by atoms with E-state index in [9.17, 15) is 19.1 Å². The molecule has 44 heavy (non-hydrogen) atoms. The number of nitrogens with zero attached hydrogens (tertiary/aromatic N) is 1. The maximum Gasteiger partial charge on any atom is 0.323 e. The minimum Gasteiger partial charge on any atom is -0.493 e. The summed E-state index contributed by atoms with van der Waals surface area (Å²) in [5, 5.41) is 19.2. The largest absolute Gasteiger partial charge is 0.493 e. The first-order chi connectivity index (χ1) is 21.0. The van der Waals surface area contributed by atoms with Crippen LogP contribution in [0.4, 0.5) is 4.39 Å². The highest BCUT2D eigenvalue weighted by Gasteiger charge is 2.19. The summed E-state index contributed by atoms with van der Waals surface area (Å²) >= 11 is 0. The molecule has 0 aliphatic heterocycles. The first-order valence-corrected chi connectivity index (χ1v) is 14.6. The highest BCUT2D eigenvalue weighted by atomic mass is 19.1. The van der Waals surface area contributed by atoms with Crippen molar-refractivity contribution in [2.75, 3.05) is 6.61 Å². The molecule has 0 radical (unpaired) electrons. The lowest BCUT2D eigenvalue weighted by Gasteiger charge is -2.12. The molecule has 1 heterocycles. The predicted octanol–water partition coefficient (Wildman–Crippen LogP) is 8.04. The maximum absolute atomic E-state index is 14.8. The van der Waals surface area contributed by atoms with Crippen molar-refractivity contribution >= 4 is 35.0 Å². The molecule has 230 valence electrons. The summed E-state index contributed by atoms with van der Waals surface area (Å²) in [5.74, 6) is -0.791. The van der Waals surface area contributed by atoms with Crippen LogP contribution in [0.15, 0.2) is 60.9 Å². The van der Waals surface area contributed by atoms with Gasteiger partial charge in [0, 0.05) is 29.5 Å². The summed E-state index contributed by atoms with van der Waals surface area (Å²) in [6, 6.07) is 14.4. The monoisotopic (exact) mass is 599 g/mol. The van der Waals surface area contributed by atoms with E-state index in [-0.39, 0.29) is 13.0 Å². The Hall–Kier alpha value is -4.85. The predicted molar refractivity (Wildman–Crippen MR) is 171 cm³/mol. The molecule has 8 heteroatoms. The van der Waals surface area contributed by atoms with Gasteiger partial charge in [0.05, 0.1) is 18.4 Å².